The van der Waals surface area contributed by atoms with Gasteiger partial charge in [-0.3, -0.25) is 4.68 Å². The van der Waals surface area contributed by atoms with Crippen molar-refractivity contribution >= 4 is 0 Å². The molecule has 2 aromatic rings. The first-order valence-corrected chi connectivity index (χ1v) is 6.45. The summed E-state index contributed by atoms with van der Waals surface area (Å²) in [5.74, 6) is 1.68. The van der Waals surface area contributed by atoms with Crippen molar-refractivity contribution in [1.29, 1.82) is 0 Å². The van der Waals surface area contributed by atoms with E-state index >= 15 is 0 Å². The Morgan fingerprint density at radius 2 is 1.83 bits per heavy atom. The second-order valence-electron chi connectivity index (χ2n) is 5.11. The maximum absolute atomic E-state index is 6.45. The molecule has 3 rings (SSSR count). The molecule has 0 bridgehead atoms. The van der Waals surface area contributed by atoms with Gasteiger partial charge in [-0.2, -0.15) is 5.10 Å². The standard InChI is InChI=1S/C14H18N4/c1-18-13(14(15)9-5-6-10-14)16-12(17-18)11-7-3-2-4-8-11/h2-4,7-8H,5-6,9-10,15H2,1H3. The van der Waals surface area contributed by atoms with Crippen LogP contribution in [0.25, 0.3) is 11.4 Å². The van der Waals surface area contributed by atoms with Crippen LogP contribution in [0.15, 0.2) is 30.3 Å². The molecular formula is C14H18N4. The van der Waals surface area contributed by atoms with Crippen molar-refractivity contribution in [3.8, 4) is 11.4 Å². The highest BCUT2D eigenvalue weighted by molar-refractivity contribution is 5.54. The Morgan fingerprint density at radius 3 is 2.50 bits per heavy atom. The molecule has 18 heavy (non-hydrogen) atoms. The first-order chi connectivity index (χ1) is 8.69. The van der Waals surface area contributed by atoms with E-state index in [0.29, 0.717) is 0 Å². The van der Waals surface area contributed by atoms with Gasteiger partial charge in [0.15, 0.2) is 5.82 Å². The van der Waals surface area contributed by atoms with E-state index in [1.165, 1.54) is 12.8 Å². The van der Waals surface area contributed by atoms with Crippen LogP contribution in [-0.2, 0) is 12.6 Å². The Hall–Kier alpha value is -1.68. The van der Waals surface area contributed by atoms with Gasteiger partial charge in [-0.15, -0.1) is 0 Å². The molecule has 0 saturated heterocycles. The lowest BCUT2D eigenvalue weighted by Crippen LogP contribution is -2.36. The fourth-order valence-electron chi connectivity index (χ4n) is 2.76. The minimum Gasteiger partial charge on any atom is -0.319 e. The normalized spacial score (nSPS) is 18.1. The number of aryl methyl sites for hydroxylation is 1. The fourth-order valence-corrected chi connectivity index (χ4v) is 2.76. The van der Waals surface area contributed by atoms with Gasteiger partial charge < -0.3 is 5.73 Å². The Bertz CT molecular complexity index is 538. The molecule has 1 saturated carbocycles. The highest BCUT2D eigenvalue weighted by atomic mass is 15.3. The largest absolute Gasteiger partial charge is 0.319 e. The summed E-state index contributed by atoms with van der Waals surface area (Å²) in [7, 11) is 1.93. The number of nitrogens with zero attached hydrogens (tertiary/aromatic N) is 3. The first kappa shape index (κ1) is 11.4. The molecule has 0 atom stereocenters. The number of hydrogen-bond acceptors (Lipinski definition) is 3. The highest BCUT2D eigenvalue weighted by Crippen LogP contribution is 2.35. The maximum Gasteiger partial charge on any atom is 0.181 e. The van der Waals surface area contributed by atoms with Gasteiger partial charge in [0.2, 0.25) is 0 Å². The molecule has 0 amide bonds. The van der Waals surface area contributed by atoms with Crippen LogP contribution in [0.5, 0.6) is 0 Å². The minimum atomic E-state index is -0.283. The molecule has 1 aromatic heterocycles. The van der Waals surface area contributed by atoms with Gasteiger partial charge in [-0.1, -0.05) is 43.2 Å². The van der Waals surface area contributed by atoms with Gasteiger partial charge in [0.1, 0.15) is 5.82 Å². The lowest BCUT2D eigenvalue weighted by atomic mass is 9.98. The number of aromatic nitrogens is 3. The van der Waals surface area contributed by atoms with Crippen LogP contribution in [0.3, 0.4) is 0 Å². The molecular weight excluding hydrogens is 224 g/mol. The zero-order chi connectivity index (χ0) is 12.6. The molecule has 4 heteroatoms. The quantitative estimate of drug-likeness (QED) is 0.878. The van der Waals surface area contributed by atoms with Crippen LogP contribution in [0.4, 0.5) is 0 Å². The third-order valence-corrected chi connectivity index (χ3v) is 3.74. The molecule has 2 N–H and O–H groups in total. The zero-order valence-electron chi connectivity index (χ0n) is 10.6. The van der Waals surface area contributed by atoms with E-state index in [-0.39, 0.29) is 5.54 Å². The molecule has 1 fully saturated rings. The summed E-state index contributed by atoms with van der Waals surface area (Å²) in [4.78, 5) is 4.66. The molecule has 0 spiro atoms. The minimum absolute atomic E-state index is 0.283. The summed E-state index contributed by atoms with van der Waals surface area (Å²) in [5.41, 5.74) is 7.21. The Balaban J connectivity index is 2.01. The van der Waals surface area contributed by atoms with Crippen molar-refractivity contribution < 1.29 is 0 Å². The molecule has 0 radical (unpaired) electrons. The van der Waals surface area contributed by atoms with Crippen molar-refractivity contribution in [2.75, 3.05) is 0 Å². The number of hydrogen-bond donors (Lipinski definition) is 1. The smallest absolute Gasteiger partial charge is 0.181 e. The summed E-state index contributed by atoms with van der Waals surface area (Å²) in [5, 5.41) is 4.50. The predicted octanol–water partition coefficient (Wildman–Crippen LogP) is 2.21. The number of rotatable bonds is 2. The summed E-state index contributed by atoms with van der Waals surface area (Å²) in [6, 6.07) is 10.0. The topological polar surface area (TPSA) is 56.7 Å². The number of benzene rings is 1. The van der Waals surface area contributed by atoms with Crippen LogP contribution in [0.2, 0.25) is 0 Å². The summed E-state index contributed by atoms with van der Waals surface area (Å²) >= 11 is 0. The Labute approximate surface area is 107 Å². The van der Waals surface area contributed by atoms with E-state index < -0.39 is 0 Å². The predicted molar refractivity (Wildman–Crippen MR) is 70.8 cm³/mol. The van der Waals surface area contributed by atoms with E-state index in [0.717, 1.165) is 30.1 Å². The molecule has 4 nitrogen and oxygen atoms in total. The lowest BCUT2D eigenvalue weighted by Gasteiger charge is -2.21. The molecule has 1 heterocycles. The van der Waals surface area contributed by atoms with Crippen LogP contribution < -0.4 is 5.73 Å². The average molecular weight is 242 g/mol. The van der Waals surface area contributed by atoms with Gasteiger partial charge in [-0.25, -0.2) is 4.98 Å². The molecule has 94 valence electrons. The Morgan fingerprint density at radius 1 is 1.17 bits per heavy atom. The summed E-state index contributed by atoms with van der Waals surface area (Å²) in [6.45, 7) is 0. The molecule has 1 aliphatic carbocycles. The summed E-state index contributed by atoms with van der Waals surface area (Å²) in [6.07, 6.45) is 4.38. The van der Waals surface area contributed by atoms with Gasteiger partial charge in [0.05, 0.1) is 5.54 Å². The van der Waals surface area contributed by atoms with E-state index in [1.54, 1.807) is 0 Å². The van der Waals surface area contributed by atoms with Gasteiger partial charge in [0.25, 0.3) is 0 Å². The second-order valence-corrected chi connectivity index (χ2v) is 5.11. The molecule has 0 unspecified atom stereocenters. The zero-order valence-corrected chi connectivity index (χ0v) is 10.6. The SMILES string of the molecule is Cn1nc(-c2ccccc2)nc1C1(N)CCCC1. The highest BCUT2D eigenvalue weighted by Gasteiger charge is 2.35. The van der Waals surface area contributed by atoms with Crippen molar-refractivity contribution in [2.45, 2.75) is 31.2 Å². The maximum atomic E-state index is 6.45. The number of nitrogens with two attached hydrogens (primary N) is 1. The van der Waals surface area contributed by atoms with Crippen molar-refractivity contribution in [3.63, 3.8) is 0 Å². The van der Waals surface area contributed by atoms with Crippen molar-refractivity contribution in [3.05, 3.63) is 36.2 Å². The molecule has 1 aliphatic rings. The molecule has 0 aliphatic heterocycles. The second kappa shape index (κ2) is 4.21. The van der Waals surface area contributed by atoms with E-state index in [1.807, 2.05) is 42.1 Å². The first-order valence-electron chi connectivity index (χ1n) is 6.45. The fraction of sp³-hybridized carbons (Fsp3) is 0.429. The van der Waals surface area contributed by atoms with Crippen LogP contribution in [0, 0.1) is 0 Å². The van der Waals surface area contributed by atoms with Gasteiger partial charge in [0, 0.05) is 12.6 Å². The average Bonchev–Trinajstić information content (AvgIpc) is 2.98. The lowest BCUT2D eigenvalue weighted by molar-refractivity contribution is 0.410. The third-order valence-electron chi connectivity index (χ3n) is 3.74. The van der Waals surface area contributed by atoms with Crippen molar-refractivity contribution in [2.24, 2.45) is 12.8 Å². The Kier molecular flexibility index (Phi) is 2.67. The monoisotopic (exact) mass is 242 g/mol. The van der Waals surface area contributed by atoms with Gasteiger partial charge >= 0.3 is 0 Å². The third kappa shape index (κ3) is 1.82. The van der Waals surface area contributed by atoms with Crippen LogP contribution in [0.1, 0.15) is 31.5 Å². The molecule has 1 aromatic carbocycles. The van der Waals surface area contributed by atoms with E-state index in [2.05, 4.69) is 10.1 Å². The van der Waals surface area contributed by atoms with Crippen LogP contribution in [-0.4, -0.2) is 14.8 Å². The summed E-state index contributed by atoms with van der Waals surface area (Å²) < 4.78 is 1.84. The van der Waals surface area contributed by atoms with Crippen molar-refractivity contribution in [1.82, 2.24) is 14.8 Å². The van der Waals surface area contributed by atoms with E-state index in [9.17, 15) is 0 Å². The van der Waals surface area contributed by atoms with E-state index in [4.69, 9.17) is 5.73 Å². The van der Waals surface area contributed by atoms with Crippen LogP contribution >= 0.6 is 0 Å². The van der Waals surface area contributed by atoms with Gasteiger partial charge in [-0.05, 0) is 12.8 Å².